The highest BCUT2D eigenvalue weighted by Crippen LogP contribution is 2.37. The van der Waals surface area contributed by atoms with E-state index in [2.05, 4.69) is 9.97 Å². The van der Waals surface area contributed by atoms with Gasteiger partial charge in [0, 0.05) is 25.0 Å². The summed E-state index contributed by atoms with van der Waals surface area (Å²) in [5.41, 5.74) is 15.4. The fourth-order valence-corrected chi connectivity index (χ4v) is 3.43. The lowest BCUT2D eigenvalue weighted by Gasteiger charge is -2.15. The van der Waals surface area contributed by atoms with Crippen molar-refractivity contribution in [3.8, 4) is 11.5 Å². The second-order valence-electron chi connectivity index (χ2n) is 6.77. The summed E-state index contributed by atoms with van der Waals surface area (Å²) in [6.45, 7) is 0.858. The lowest BCUT2D eigenvalue weighted by Crippen LogP contribution is -2.07. The number of hydrogen-bond donors (Lipinski definition) is 2. The molecule has 0 aliphatic carbocycles. The Morgan fingerprint density at radius 2 is 1.70 bits per heavy atom. The molecule has 8 nitrogen and oxygen atoms in total. The van der Waals surface area contributed by atoms with Crippen LogP contribution >= 0.6 is 0 Å². The molecule has 154 valence electrons. The third-order valence-electron chi connectivity index (χ3n) is 4.79. The molecule has 0 unspecified atom stereocenters. The molecule has 4 rings (SSSR count). The van der Waals surface area contributed by atoms with E-state index >= 15 is 0 Å². The zero-order valence-corrected chi connectivity index (χ0v) is 16.9. The Balaban J connectivity index is 1.95. The molecule has 2 heterocycles. The molecule has 0 saturated carbocycles. The average Bonchev–Trinajstić information content (AvgIpc) is 2.74. The van der Waals surface area contributed by atoms with Crippen LogP contribution in [0.2, 0.25) is 0 Å². The maximum absolute atomic E-state index is 6.24. The van der Waals surface area contributed by atoms with Crippen molar-refractivity contribution in [1.29, 1.82) is 0 Å². The predicted molar refractivity (Wildman–Crippen MR) is 117 cm³/mol. The van der Waals surface area contributed by atoms with Gasteiger partial charge in [-0.1, -0.05) is 30.3 Å². The third-order valence-corrected chi connectivity index (χ3v) is 4.79. The first-order chi connectivity index (χ1) is 14.6. The van der Waals surface area contributed by atoms with Crippen LogP contribution < -0.4 is 20.9 Å². The summed E-state index contributed by atoms with van der Waals surface area (Å²) in [6, 6.07) is 13.7. The van der Waals surface area contributed by atoms with E-state index in [-0.39, 0.29) is 5.95 Å². The normalized spacial score (nSPS) is 11.1. The fraction of sp³-hybridized carbons (Fsp3) is 0.227. The van der Waals surface area contributed by atoms with Crippen LogP contribution in [0.5, 0.6) is 11.5 Å². The topological polar surface area (TPSA) is 118 Å². The van der Waals surface area contributed by atoms with Gasteiger partial charge >= 0.3 is 0 Å². The summed E-state index contributed by atoms with van der Waals surface area (Å²) >= 11 is 0. The summed E-state index contributed by atoms with van der Waals surface area (Å²) in [6.07, 6.45) is 0.580. The summed E-state index contributed by atoms with van der Waals surface area (Å²) in [7, 11) is 3.21. The molecule has 0 aliphatic rings. The zero-order valence-electron chi connectivity index (χ0n) is 16.9. The van der Waals surface area contributed by atoms with Crippen molar-refractivity contribution in [2.75, 3.05) is 38.9 Å². The number of hydrogen-bond acceptors (Lipinski definition) is 8. The van der Waals surface area contributed by atoms with Gasteiger partial charge in [-0.2, -0.15) is 4.98 Å². The maximum atomic E-state index is 6.24. The number of nitrogen functional groups attached to an aromatic ring is 2. The number of rotatable bonds is 7. The number of aromatic nitrogens is 3. The van der Waals surface area contributed by atoms with Crippen molar-refractivity contribution < 1.29 is 14.2 Å². The minimum absolute atomic E-state index is 0.109. The average molecular weight is 405 g/mol. The Morgan fingerprint density at radius 3 is 2.43 bits per heavy atom. The van der Waals surface area contributed by atoms with E-state index in [0.717, 1.165) is 16.6 Å². The van der Waals surface area contributed by atoms with Crippen molar-refractivity contribution in [2.45, 2.75) is 6.42 Å². The molecular formula is C22H23N5O3. The molecule has 0 atom stereocenters. The van der Waals surface area contributed by atoms with Crippen LogP contribution in [0.1, 0.15) is 11.3 Å². The second kappa shape index (κ2) is 8.38. The molecule has 2 aromatic heterocycles. The molecule has 0 bridgehead atoms. The molecule has 0 fully saturated rings. The molecule has 0 spiro atoms. The van der Waals surface area contributed by atoms with E-state index in [9.17, 15) is 0 Å². The largest absolute Gasteiger partial charge is 0.493 e. The summed E-state index contributed by atoms with van der Waals surface area (Å²) in [4.78, 5) is 13.5. The number of methoxy groups -OCH3 is 2. The summed E-state index contributed by atoms with van der Waals surface area (Å²) in [5, 5.41) is 1.45. The summed E-state index contributed by atoms with van der Waals surface area (Å²) < 4.78 is 16.4. The number of pyridine rings is 1. The molecule has 0 saturated heterocycles. The molecule has 0 amide bonds. The van der Waals surface area contributed by atoms with E-state index in [1.54, 1.807) is 14.2 Å². The standard InChI is InChI=1S/C22H23N5O3/c1-28-8-9-30-18-12-15-14(11-17(18)29-2)20-19(21(23)27-22(24)26-20)16(25-15)10-13-6-4-3-5-7-13/h3-7,11-12H,8-10H2,1-2H3,(H4,23,24,26,27). The van der Waals surface area contributed by atoms with Crippen LogP contribution in [-0.2, 0) is 11.2 Å². The Hall–Kier alpha value is -3.65. The molecule has 0 radical (unpaired) electrons. The van der Waals surface area contributed by atoms with Crippen molar-refractivity contribution in [1.82, 2.24) is 15.0 Å². The Kier molecular flexibility index (Phi) is 5.49. The minimum atomic E-state index is 0.109. The number of anilines is 2. The predicted octanol–water partition coefficient (Wildman–Crippen LogP) is 2.97. The maximum Gasteiger partial charge on any atom is 0.222 e. The van der Waals surface area contributed by atoms with Gasteiger partial charge in [0.2, 0.25) is 5.95 Å². The lowest BCUT2D eigenvalue weighted by atomic mass is 10.0. The van der Waals surface area contributed by atoms with Crippen LogP contribution in [0.25, 0.3) is 21.8 Å². The molecule has 8 heteroatoms. The smallest absolute Gasteiger partial charge is 0.222 e. The number of nitrogens with zero attached hydrogens (tertiary/aromatic N) is 3. The minimum Gasteiger partial charge on any atom is -0.493 e. The van der Waals surface area contributed by atoms with Gasteiger partial charge in [-0.05, 0) is 11.6 Å². The van der Waals surface area contributed by atoms with Gasteiger partial charge in [-0.3, -0.25) is 4.98 Å². The number of ether oxygens (including phenoxy) is 3. The number of fused-ring (bicyclic) bond motifs is 3. The zero-order chi connectivity index (χ0) is 21.1. The first-order valence-electron chi connectivity index (χ1n) is 9.49. The van der Waals surface area contributed by atoms with E-state index in [4.69, 9.17) is 30.7 Å². The van der Waals surface area contributed by atoms with Crippen molar-refractivity contribution in [3.05, 3.63) is 53.7 Å². The van der Waals surface area contributed by atoms with E-state index in [1.807, 2.05) is 42.5 Å². The van der Waals surface area contributed by atoms with E-state index < -0.39 is 0 Å². The van der Waals surface area contributed by atoms with Crippen LogP contribution in [0, 0.1) is 0 Å². The van der Waals surface area contributed by atoms with E-state index in [0.29, 0.717) is 53.4 Å². The molecular weight excluding hydrogens is 382 g/mol. The van der Waals surface area contributed by atoms with Crippen LogP contribution in [0.4, 0.5) is 11.8 Å². The van der Waals surface area contributed by atoms with Crippen molar-refractivity contribution >= 4 is 33.6 Å². The highest BCUT2D eigenvalue weighted by molar-refractivity contribution is 6.09. The van der Waals surface area contributed by atoms with Gasteiger partial charge < -0.3 is 25.7 Å². The van der Waals surface area contributed by atoms with Gasteiger partial charge in [0.25, 0.3) is 0 Å². The molecule has 4 aromatic rings. The van der Waals surface area contributed by atoms with Crippen LogP contribution in [0.15, 0.2) is 42.5 Å². The van der Waals surface area contributed by atoms with E-state index in [1.165, 1.54) is 0 Å². The molecule has 0 aliphatic heterocycles. The quantitative estimate of drug-likeness (QED) is 0.356. The molecule has 4 N–H and O–H groups in total. The van der Waals surface area contributed by atoms with Crippen molar-refractivity contribution in [2.24, 2.45) is 0 Å². The molecule has 2 aromatic carbocycles. The first-order valence-corrected chi connectivity index (χ1v) is 9.49. The number of nitrogens with two attached hydrogens (primary N) is 2. The fourth-order valence-electron chi connectivity index (χ4n) is 3.43. The Labute approximate surface area is 173 Å². The monoisotopic (exact) mass is 405 g/mol. The SMILES string of the molecule is COCCOc1cc2nc(Cc3ccccc3)c3c(N)nc(N)nc3c2cc1OC. The third kappa shape index (κ3) is 3.77. The highest BCUT2D eigenvalue weighted by Gasteiger charge is 2.18. The van der Waals surface area contributed by atoms with Crippen LogP contribution in [0.3, 0.4) is 0 Å². The van der Waals surface area contributed by atoms with Gasteiger partial charge in [-0.25, -0.2) is 4.98 Å². The highest BCUT2D eigenvalue weighted by atomic mass is 16.5. The van der Waals surface area contributed by atoms with Gasteiger partial charge in [0.1, 0.15) is 12.4 Å². The lowest BCUT2D eigenvalue weighted by molar-refractivity contribution is 0.144. The van der Waals surface area contributed by atoms with Crippen molar-refractivity contribution in [3.63, 3.8) is 0 Å². The second-order valence-corrected chi connectivity index (χ2v) is 6.77. The van der Waals surface area contributed by atoms with Gasteiger partial charge in [0.15, 0.2) is 11.5 Å². The number of benzene rings is 2. The first kappa shape index (κ1) is 19.7. The summed E-state index contributed by atoms with van der Waals surface area (Å²) in [5.74, 6) is 1.55. The Bertz CT molecular complexity index is 1200. The van der Waals surface area contributed by atoms with Crippen LogP contribution in [-0.4, -0.2) is 42.4 Å². The Morgan fingerprint density at radius 1 is 0.900 bits per heavy atom. The van der Waals surface area contributed by atoms with Gasteiger partial charge in [-0.15, -0.1) is 0 Å². The van der Waals surface area contributed by atoms with Gasteiger partial charge in [0.05, 0.1) is 35.8 Å². The molecule has 30 heavy (non-hydrogen) atoms.